The van der Waals surface area contributed by atoms with Crippen LogP contribution >= 0.6 is 0 Å². The van der Waals surface area contributed by atoms with E-state index in [1.807, 2.05) is 0 Å². The zero-order chi connectivity index (χ0) is 24.0. The molecule has 32 heavy (non-hydrogen) atoms. The van der Waals surface area contributed by atoms with Crippen LogP contribution in [0.4, 0.5) is 0 Å². The fourth-order valence-electron chi connectivity index (χ4n) is 3.26. The van der Waals surface area contributed by atoms with Gasteiger partial charge < -0.3 is 19.3 Å². The molecule has 0 saturated heterocycles. The number of hydrogen-bond donors (Lipinski definition) is 1. The molecule has 0 bridgehead atoms. The molecule has 0 aromatic rings. The number of rotatable bonds is 21. The van der Waals surface area contributed by atoms with Crippen LogP contribution in [0.1, 0.15) is 104 Å². The predicted molar refractivity (Wildman–Crippen MR) is 124 cm³/mol. The number of aliphatic hydroxyl groups excluding tert-OH is 1. The molecule has 0 saturated carbocycles. The van der Waals surface area contributed by atoms with E-state index in [9.17, 15) is 14.4 Å². The Labute approximate surface area is 194 Å². The molecule has 7 heteroatoms. The summed E-state index contributed by atoms with van der Waals surface area (Å²) in [4.78, 5) is 37.4. The van der Waals surface area contributed by atoms with Crippen LogP contribution in [0.2, 0.25) is 0 Å². The van der Waals surface area contributed by atoms with Gasteiger partial charge in [0, 0.05) is 6.61 Å². The number of aliphatic hydroxyl groups is 1. The summed E-state index contributed by atoms with van der Waals surface area (Å²) in [5.41, 5.74) is 0. The topological polar surface area (TPSA) is 99.1 Å². The lowest BCUT2D eigenvalue weighted by Gasteiger charge is -2.21. The van der Waals surface area contributed by atoms with E-state index in [1.54, 1.807) is 6.92 Å². The highest BCUT2D eigenvalue weighted by Crippen LogP contribution is 2.21. The van der Waals surface area contributed by atoms with Gasteiger partial charge in [-0.1, -0.05) is 72.1 Å². The summed E-state index contributed by atoms with van der Waals surface area (Å²) in [6.45, 7) is 6.67. The third kappa shape index (κ3) is 16.1. The van der Waals surface area contributed by atoms with Gasteiger partial charge in [-0.05, 0) is 25.7 Å². The monoisotopic (exact) mass is 458 g/mol. The normalized spacial score (nSPS) is 12.8. The lowest BCUT2D eigenvalue weighted by molar-refractivity contribution is -0.164. The minimum absolute atomic E-state index is 0.0323. The molecule has 0 heterocycles. The molecule has 7 nitrogen and oxygen atoms in total. The zero-order valence-electron chi connectivity index (χ0n) is 20.6. The molecule has 2 unspecified atom stereocenters. The van der Waals surface area contributed by atoms with Gasteiger partial charge in [-0.2, -0.15) is 0 Å². The lowest BCUT2D eigenvalue weighted by Crippen LogP contribution is -2.33. The summed E-state index contributed by atoms with van der Waals surface area (Å²) in [5, 5.41) is 8.83. The van der Waals surface area contributed by atoms with Crippen LogP contribution in [0.15, 0.2) is 0 Å². The van der Waals surface area contributed by atoms with Gasteiger partial charge in [0.2, 0.25) is 0 Å². The number of carbonyl (C=O) groups excluding carboxylic acids is 3. The highest BCUT2D eigenvalue weighted by molar-refractivity contribution is 5.85. The molecule has 0 rings (SSSR count). The third-order valence-corrected chi connectivity index (χ3v) is 5.46. The Kier molecular flexibility index (Phi) is 20.1. The molecule has 0 aliphatic heterocycles. The van der Waals surface area contributed by atoms with Crippen LogP contribution in [0.3, 0.4) is 0 Å². The largest absolute Gasteiger partial charge is 0.466 e. The van der Waals surface area contributed by atoms with Crippen molar-refractivity contribution in [2.24, 2.45) is 11.8 Å². The first-order valence-corrected chi connectivity index (χ1v) is 12.6. The maximum absolute atomic E-state index is 12.7. The first kappa shape index (κ1) is 30.4. The van der Waals surface area contributed by atoms with Crippen molar-refractivity contribution >= 4 is 17.9 Å². The molecule has 0 spiro atoms. The average Bonchev–Trinajstić information content (AvgIpc) is 2.79. The number of unbranched alkanes of at least 4 members (excludes halogenated alkanes) is 9. The minimum atomic E-state index is -0.927. The molecule has 0 fully saturated rings. The van der Waals surface area contributed by atoms with Crippen molar-refractivity contribution in [3.05, 3.63) is 0 Å². The number of ether oxygens (including phenoxy) is 3. The quantitative estimate of drug-likeness (QED) is 0.147. The van der Waals surface area contributed by atoms with Gasteiger partial charge in [0.25, 0.3) is 0 Å². The Morgan fingerprint density at radius 1 is 0.656 bits per heavy atom. The first-order valence-electron chi connectivity index (χ1n) is 12.6. The van der Waals surface area contributed by atoms with Gasteiger partial charge in [0.05, 0.1) is 38.1 Å². The van der Waals surface area contributed by atoms with Gasteiger partial charge in [-0.25, -0.2) is 0 Å². The summed E-state index contributed by atoms with van der Waals surface area (Å²) in [6.07, 6.45) is 11.2. The van der Waals surface area contributed by atoms with E-state index >= 15 is 0 Å². The van der Waals surface area contributed by atoms with Gasteiger partial charge in [0.1, 0.15) is 0 Å². The van der Waals surface area contributed by atoms with Crippen LogP contribution in [-0.4, -0.2) is 49.4 Å². The Bertz CT molecular complexity index is 493. The van der Waals surface area contributed by atoms with Crippen molar-refractivity contribution in [1.82, 2.24) is 0 Å². The van der Waals surface area contributed by atoms with E-state index in [-0.39, 0.29) is 26.2 Å². The molecule has 0 aliphatic carbocycles. The summed E-state index contributed by atoms with van der Waals surface area (Å²) in [5.74, 6) is -3.33. The van der Waals surface area contributed by atoms with E-state index in [1.165, 1.54) is 0 Å². The summed E-state index contributed by atoms with van der Waals surface area (Å²) in [7, 11) is 0. The second kappa shape index (κ2) is 21.2. The van der Waals surface area contributed by atoms with E-state index in [0.717, 1.165) is 64.2 Å². The van der Waals surface area contributed by atoms with Crippen molar-refractivity contribution in [2.75, 3.05) is 26.4 Å². The van der Waals surface area contributed by atoms with Crippen LogP contribution in [-0.2, 0) is 28.6 Å². The Morgan fingerprint density at radius 2 is 1.12 bits per heavy atom. The number of esters is 3. The smallest absolute Gasteiger partial charge is 0.310 e. The van der Waals surface area contributed by atoms with Crippen molar-refractivity contribution in [2.45, 2.75) is 104 Å². The second-order valence-electron chi connectivity index (χ2n) is 8.41. The summed E-state index contributed by atoms with van der Waals surface area (Å²) < 4.78 is 15.9. The Morgan fingerprint density at radius 3 is 1.66 bits per heavy atom. The Balaban J connectivity index is 4.66. The molecule has 0 amide bonds. The fourth-order valence-corrected chi connectivity index (χ4v) is 3.26. The molecule has 0 aliphatic rings. The maximum atomic E-state index is 12.7. The van der Waals surface area contributed by atoms with E-state index in [2.05, 4.69) is 13.8 Å². The average molecular weight is 459 g/mol. The highest BCUT2D eigenvalue weighted by Gasteiger charge is 2.35. The Hall–Kier alpha value is -1.63. The molecule has 0 aromatic carbocycles. The maximum Gasteiger partial charge on any atom is 0.310 e. The second-order valence-corrected chi connectivity index (χ2v) is 8.41. The van der Waals surface area contributed by atoms with Gasteiger partial charge in [-0.15, -0.1) is 0 Å². The molecule has 188 valence electrons. The summed E-state index contributed by atoms with van der Waals surface area (Å²) >= 11 is 0. The minimum Gasteiger partial charge on any atom is -0.466 e. The van der Waals surface area contributed by atoms with Gasteiger partial charge in [-0.3, -0.25) is 14.4 Å². The number of carbonyl (C=O) groups is 3. The van der Waals surface area contributed by atoms with Crippen molar-refractivity contribution in [3.63, 3.8) is 0 Å². The van der Waals surface area contributed by atoms with E-state index < -0.39 is 29.7 Å². The molecular weight excluding hydrogens is 412 g/mol. The van der Waals surface area contributed by atoms with Crippen molar-refractivity contribution in [1.29, 1.82) is 0 Å². The van der Waals surface area contributed by atoms with E-state index in [4.69, 9.17) is 19.3 Å². The first-order chi connectivity index (χ1) is 15.5. The van der Waals surface area contributed by atoms with Crippen molar-refractivity contribution < 1.29 is 33.7 Å². The zero-order valence-corrected chi connectivity index (χ0v) is 20.6. The number of hydrogen-bond acceptors (Lipinski definition) is 7. The molecule has 0 radical (unpaired) electrons. The van der Waals surface area contributed by atoms with Crippen LogP contribution in [0.5, 0.6) is 0 Å². The molecule has 0 aromatic heterocycles. The van der Waals surface area contributed by atoms with Crippen LogP contribution in [0, 0.1) is 11.8 Å². The third-order valence-electron chi connectivity index (χ3n) is 5.46. The van der Waals surface area contributed by atoms with Crippen LogP contribution < -0.4 is 0 Å². The SMILES string of the molecule is CCCCCCCOC(=O)CC(C(=O)OCCCCCCC)C(C)C(=O)OCCCCO. The summed E-state index contributed by atoms with van der Waals surface area (Å²) in [6, 6.07) is 0. The molecule has 2 atom stereocenters. The fraction of sp³-hybridized carbons (Fsp3) is 0.880. The molecule has 1 N–H and O–H groups in total. The van der Waals surface area contributed by atoms with E-state index in [0.29, 0.717) is 19.4 Å². The molecular formula is C25H46O7. The predicted octanol–water partition coefficient (Wildman–Crippen LogP) is 4.97. The lowest BCUT2D eigenvalue weighted by atomic mass is 9.91. The standard InChI is InChI=1S/C25H46O7/c1-4-6-8-10-13-17-30-23(27)20-22(21(3)24(28)31-19-15-12-16-26)25(29)32-18-14-11-9-7-5-2/h21-22,26H,4-20H2,1-3H3. The highest BCUT2D eigenvalue weighted by atomic mass is 16.5. The van der Waals surface area contributed by atoms with Crippen molar-refractivity contribution in [3.8, 4) is 0 Å². The van der Waals surface area contributed by atoms with Gasteiger partial charge >= 0.3 is 17.9 Å². The van der Waals surface area contributed by atoms with Crippen LogP contribution in [0.25, 0.3) is 0 Å². The van der Waals surface area contributed by atoms with Gasteiger partial charge in [0.15, 0.2) is 0 Å².